The Labute approximate surface area is 159 Å². The number of hydrogen-bond acceptors (Lipinski definition) is 3. The van der Waals surface area contributed by atoms with Gasteiger partial charge in [-0.3, -0.25) is 9.79 Å². The van der Waals surface area contributed by atoms with E-state index in [-0.39, 0.29) is 17.9 Å². The van der Waals surface area contributed by atoms with Gasteiger partial charge in [0, 0.05) is 44.7 Å². The maximum atomic E-state index is 12.1. The van der Waals surface area contributed by atoms with Gasteiger partial charge in [-0.2, -0.15) is 0 Å². The Morgan fingerprint density at radius 1 is 1.23 bits per heavy atom. The second-order valence-electron chi connectivity index (χ2n) is 7.81. The van der Waals surface area contributed by atoms with E-state index < -0.39 is 0 Å². The molecule has 0 bridgehead atoms. The molecule has 0 radical (unpaired) electrons. The summed E-state index contributed by atoms with van der Waals surface area (Å²) in [7, 11) is 0. The third-order valence-electron chi connectivity index (χ3n) is 5.16. The molecule has 1 heterocycles. The number of ether oxygens (including phenoxy) is 1. The van der Waals surface area contributed by atoms with Crippen molar-refractivity contribution in [2.24, 2.45) is 10.9 Å². The predicted octanol–water partition coefficient (Wildman–Crippen LogP) is 2.54. The average Bonchev–Trinajstić information content (AvgIpc) is 3.10. The molecule has 1 aliphatic heterocycles. The third-order valence-corrected chi connectivity index (χ3v) is 5.16. The largest absolute Gasteiger partial charge is 0.378 e. The number of nitrogens with zero attached hydrogens (tertiary/aromatic N) is 2. The van der Waals surface area contributed by atoms with Crippen LogP contribution in [0.2, 0.25) is 0 Å². The van der Waals surface area contributed by atoms with E-state index in [0.717, 1.165) is 51.6 Å². The highest BCUT2D eigenvalue weighted by Gasteiger charge is 2.27. The number of carbonyl (C=O) groups is 1. The predicted molar refractivity (Wildman–Crippen MR) is 106 cm³/mol. The van der Waals surface area contributed by atoms with Crippen LogP contribution in [0.15, 0.2) is 4.99 Å². The van der Waals surface area contributed by atoms with Crippen molar-refractivity contribution >= 4 is 11.9 Å². The van der Waals surface area contributed by atoms with Crippen molar-refractivity contribution in [2.45, 2.75) is 77.9 Å². The number of carbonyl (C=O) groups excluding carboxylic acids is 1. The number of guanidine groups is 1. The number of aliphatic imine (C=N–C) groups is 1. The van der Waals surface area contributed by atoms with E-state index >= 15 is 0 Å². The van der Waals surface area contributed by atoms with E-state index in [4.69, 9.17) is 4.74 Å². The van der Waals surface area contributed by atoms with E-state index in [1.807, 2.05) is 18.7 Å². The molecule has 0 spiro atoms. The highest BCUT2D eigenvalue weighted by molar-refractivity contribution is 5.81. The van der Waals surface area contributed by atoms with Crippen LogP contribution in [0.5, 0.6) is 0 Å². The van der Waals surface area contributed by atoms with Gasteiger partial charge in [0.05, 0.1) is 6.10 Å². The van der Waals surface area contributed by atoms with Gasteiger partial charge in [0.1, 0.15) is 0 Å². The van der Waals surface area contributed by atoms with Crippen LogP contribution in [0.1, 0.15) is 65.7 Å². The Morgan fingerprint density at radius 2 is 2.00 bits per heavy atom. The van der Waals surface area contributed by atoms with Crippen molar-refractivity contribution in [3.8, 4) is 0 Å². The first kappa shape index (κ1) is 21.0. The zero-order chi connectivity index (χ0) is 18.8. The van der Waals surface area contributed by atoms with Crippen LogP contribution in [-0.2, 0) is 9.53 Å². The minimum atomic E-state index is 0.0693. The Bertz CT molecular complexity index is 447. The highest BCUT2D eigenvalue weighted by Crippen LogP contribution is 2.20. The lowest BCUT2D eigenvalue weighted by Gasteiger charge is -2.22. The third kappa shape index (κ3) is 7.14. The monoisotopic (exact) mass is 366 g/mol. The van der Waals surface area contributed by atoms with Gasteiger partial charge in [-0.05, 0) is 32.6 Å². The topological polar surface area (TPSA) is 66.0 Å². The molecule has 1 saturated carbocycles. The summed E-state index contributed by atoms with van der Waals surface area (Å²) in [4.78, 5) is 18.8. The SMILES string of the molecule is CCNC(=NCCCOC1CCCCC1)NC1CCN(C(=O)C(C)C)C1. The molecule has 1 atom stereocenters. The maximum Gasteiger partial charge on any atom is 0.225 e. The minimum Gasteiger partial charge on any atom is -0.378 e. The van der Waals surface area contributed by atoms with Gasteiger partial charge in [0.2, 0.25) is 5.91 Å². The zero-order valence-corrected chi connectivity index (χ0v) is 16.9. The number of nitrogens with one attached hydrogen (secondary N) is 2. The normalized spacial score (nSPS) is 22.1. The summed E-state index contributed by atoms with van der Waals surface area (Å²) < 4.78 is 5.97. The van der Waals surface area contributed by atoms with Crippen molar-refractivity contribution in [2.75, 3.05) is 32.8 Å². The van der Waals surface area contributed by atoms with Crippen molar-refractivity contribution in [1.29, 1.82) is 0 Å². The molecule has 2 rings (SSSR count). The zero-order valence-electron chi connectivity index (χ0n) is 16.9. The Morgan fingerprint density at radius 3 is 2.69 bits per heavy atom. The minimum absolute atomic E-state index is 0.0693. The molecule has 2 N–H and O–H groups in total. The molecular weight excluding hydrogens is 328 g/mol. The summed E-state index contributed by atoms with van der Waals surface area (Å²) in [5.41, 5.74) is 0. The molecule has 2 aliphatic rings. The summed E-state index contributed by atoms with van der Waals surface area (Å²) >= 11 is 0. The molecule has 0 aromatic heterocycles. The van der Waals surface area contributed by atoms with Gasteiger partial charge in [-0.15, -0.1) is 0 Å². The van der Waals surface area contributed by atoms with Crippen LogP contribution in [0.4, 0.5) is 0 Å². The summed E-state index contributed by atoms with van der Waals surface area (Å²) in [6, 6.07) is 0.286. The van der Waals surface area contributed by atoms with E-state index in [9.17, 15) is 4.79 Å². The molecule has 0 aromatic rings. The fraction of sp³-hybridized carbons (Fsp3) is 0.900. The van der Waals surface area contributed by atoms with Gasteiger partial charge in [-0.25, -0.2) is 0 Å². The van der Waals surface area contributed by atoms with Gasteiger partial charge < -0.3 is 20.3 Å². The van der Waals surface area contributed by atoms with E-state index in [0.29, 0.717) is 6.10 Å². The summed E-state index contributed by atoms with van der Waals surface area (Å²) in [6.45, 7) is 10.0. The molecular formula is C20H38N4O2. The van der Waals surface area contributed by atoms with Crippen molar-refractivity contribution in [1.82, 2.24) is 15.5 Å². The van der Waals surface area contributed by atoms with Gasteiger partial charge in [-0.1, -0.05) is 33.1 Å². The number of likely N-dealkylation sites (tertiary alicyclic amines) is 1. The summed E-state index contributed by atoms with van der Waals surface area (Å²) in [5, 5.41) is 6.80. The van der Waals surface area contributed by atoms with Crippen LogP contribution in [0, 0.1) is 5.92 Å². The molecule has 6 heteroatoms. The van der Waals surface area contributed by atoms with E-state index in [1.165, 1.54) is 32.1 Å². The first-order chi connectivity index (χ1) is 12.6. The number of amides is 1. The fourth-order valence-electron chi connectivity index (χ4n) is 3.69. The molecule has 1 saturated heterocycles. The first-order valence-corrected chi connectivity index (χ1v) is 10.6. The lowest BCUT2D eigenvalue weighted by atomic mass is 9.98. The van der Waals surface area contributed by atoms with Crippen molar-refractivity contribution in [3.63, 3.8) is 0 Å². The first-order valence-electron chi connectivity index (χ1n) is 10.6. The van der Waals surface area contributed by atoms with Crippen molar-refractivity contribution in [3.05, 3.63) is 0 Å². The summed E-state index contributed by atoms with van der Waals surface area (Å²) in [6.07, 6.45) is 8.85. The molecule has 1 amide bonds. The van der Waals surface area contributed by atoms with Crippen LogP contribution in [-0.4, -0.2) is 61.7 Å². The molecule has 1 aliphatic carbocycles. The number of hydrogen-bond donors (Lipinski definition) is 2. The summed E-state index contributed by atoms with van der Waals surface area (Å²) in [5.74, 6) is 1.17. The average molecular weight is 367 g/mol. The van der Waals surface area contributed by atoms with E-state index in [1.54, 1.807) is 0 Å². The van der Waals surface area contributed by atoms with Crippen LogP contribution >= 0.6 is 0 Å². The Balaban J connectivity index is 1.68. The standard InChI is InChI=1S/C20H38N4O2/c1-4-21-20(22-12-8-14-26-18-9-6-5-7-10-18)23-17-11-13-24(15-17)19(25)16(2)3/h16-18H,4-15H2,1-3H3,(H2,21,22,23). The van der Waals surface area contributed by atoms with Crippen molar-refractivity contribution < 1.29 is 9.53 Å². The second-order valence-corrected chi connectivity index (χ2v) is 7.81. The fourth-order valence-corrected chi connectivity index (χ4v) is 3.69. The Kier molecular flexibility index (Phi) is 9.23. The maximum absolute atomic E-state index is 12.1. The molecule has 6 nitrogen and oxygen atoms in total. The second kappa shape index (κ2) is 11.4. The molecule has 0 aromatic carbocycles. The smallest absolute Gasteiger partial charge is 0.225 e. The number of rotatable bonds is 8. The van der Waals surface area contributed by atoms with Gasteiger partial charge in [0.15, 0.2) is 5.96 Å². The quantitative estimate of drug-likeness (QED) is 0.394. The van der Waals surface area contributed by atoms with Crippen LogP contribution < -0.4 is 10.6 Å². The molecule has 26 heavy (non-hydrogen) atoms. The van der Waals surface area contributed by atoms with E-state index in [2.05, 4.69) is 22.5 Å². The van der Waals surface area contributed by atoms with Crippen LogP contribution in [0.25, 0.3) is 0 Å². The Hall–Kier alpha value is -1.30. The van der Waals surface area contributed by atoms with Gasteiger partial charge in [0.25, 0.3) is 0 Å². The molecule has 2 fully saturated rings. The van der Waals surface area contributed by atoms with Gasteiger partial charge >= 0.3 is 0 Å². The molecule has 1 unspecified atom stereocenters. The highest BCUT2D eigenvalue weighted by atomic mass is 16.5. The lowest BCUT2D eigenvalue weighted by molar-refractivity contribution is -0.133. The van der Waals surface area contributed by atoms with Crippen LogP contribution in [0.3, 0.4) is 0 Å². The molecule has 150 valence electrons. The lowest BCUT2D eigenvalue weighted by Crippen LogP contribution is -2.45.